The minimum Gasteiger partial charge on any atom is -0.325 e. The average Bonchev–Trinajstić information content (AvgIpc) is 2.29. The number of carbonyl (C=O) groups excluding carboxylic acids is 3. The van der Waals surface area contributed by atoms with Crippen molar-refractivity contribution < 1.29 is 14.4 Å². The van der Waals surface area contributed by atoms with E-state index in [0.29, 0.717) is 5.69 Å². The van der Waals surface area contributed by atoms with Gasteiger partial charge < -0.3 is 10.6 Å². The Hall–Kier alpha value is -2.37. The van der Waals surface area contributed by atoms with E-state index in [1.54, 1.807) is 24.3 Å². The maximum absolute atomic E-state index is 11.8. The summed E-state index contributed by atoms with van der Waals surface area (Å²) < 4.78 is 0. The zero-order chi connectivity index (χ0) is 12.3. The topological polar surface area (TPSA) is 87.3 Å². The van der Waals surface area contributed by atoms with Crippen molar-refractivity contribution in [2.45, 2.75) is 12.5 Å². The lowest BCUT2D eigenvalue weighted by molar-refractivity contribution is -0.126. The fourth-order valence-electron chi connectivity index (χ4n) is 1.52. The van der Waals surface area contributed by atoms with Gasteiger partial charge in [0.05, 0.1) is 6.42 Å². The molecule has 0 saturated carbocycles. The van der Waals surface area contributed by atoms with Crippen molar-refractivity contribution in [3.05, 3.63) is 30.3 Å². The van der Waals surface area contributed by atoms with Gasteiger partial charge in [-0.15, -0.1) is 0 Å². The molecular weight excluding hydrogens is 222 g/mol. The zero-order valence-corrected chi connectivity index (χ0v) is 8.90. The summed E-state index contributed by atoms with van der Waals surface area (Å²) in [5.74, 6) is -0.860. The SMILES string of the molecule is O=C1CC(C(=O)Nc2ccccc2)NC(=O)N1. The molecular formula is C11H11N3O3. The fraction of sp³-hybridized carbons (Fsp3) is 0.182. The fourth-order valence-corrected chi connectivity index (χ4v) is 1.52. The van der Waals surface area contributed by atoms with E-state index in [1.165, 1.54) is 0 Å². The van der Waals surface area contributed by atoms with Crippen molar-refractivity contribution in [3.8, 4) is 0 Å². The Bertz CT molecular complexity index is 442. The molecule has 0 bridgehead atoms. The highest BCUT2D eigenvalue weighted by atomic mass is 16.2. The van der Waals surface area contributed by atoms with Crippen molar-refractivity contribution in [1.82, 2.24) is 10.6 Å². The predicted molar refractivity (Wildman–Crippen MR) is 60.2 cm³/mol. The number of carbonyl (C=O) groups is 3. The Kier molecular flexibility index (Phi) is 3.04. The molecule has 0 aromatic heterocycles. The van der Waals surface area contributed by atoms with E-state index < -0.39 is 23.9 Å². The lowest BCUT2D eigenvalue weighted by Gasteiger charge is -2.22. The summed E-state index contributed by atoms with van der Waals surface area (Å²) in [5.41, 5.74) is 0.623. The molecule has 4 amide bonds. The highest BCUT2D eigenvalue weighted by Crippen LogP contribution is 2.07. The van der Waals surface area contributed by atoms with Crippen LogP contribution in [0, 0.1) is 0 Å². The zero-order valence-electron chi connectivity index (χ0n) is 8.90. The van der Waals surface area contributed by atoms with Crippen LogP contribution < -0.4 is 16.0 Å². The van der Waals surface area contributed by atoms with Gasteiger partial charge in [0.25, 0.3) is 0 Å². The summed E-state index contributed by atoms with van der Waals surface area (Å²) >= 11 is 0. The molecule has 1 atom stereocenters. The van der Waals surface area contributed by atoms with E-state index in [9.17, 15) is 14.4 Å². The predicted octanol–water partition coefficient (Wildman–Crippen LogP) is 0.223. The van der Waals surface area contributed by atoms with Gasteiger partial charge in [0.1, 0.15) is 6.04 Å². The van der Waals surface area contributed by atoms with Crippen LogP contribution in [0.2, 0.25) is 0 Å². The van der Waals surface area contributed by atoms with Crippen LogP contribution in [-0.2, 0) is 9.59 Å². The Morgan fingerprint density at radius 1 is 1.24 bits per heavy atom. The second-order valence-corrected chi connectivity index (χ2v) is 3.63. The third-order valence-corrected chi connectivity index (χ3v) is 2.31. The van der Waals surface area contributed by atoms with Gasteiger partial charge in [-0.2, -0.15) is 0 Å². The average molecular weight is 233 g/mol. The van der Waals surface area contributed by atoms with E-state index in [1.807, 2.05) is 6.07 Å². The van der Waals surface area contributed by atoms with Gasteiger partial charge in [-0.25, -0.2) is 4.79 Å². The highest BCUT2D eigenvalue weighted by molar-refractivity contribution is 6.05. The molecule has 0 aliphatic carbocycles. The third-order valence-electron chi connectivity index (χ3n) is 2.31. The lowest BCUT2D eigenvalue weighted by Crippen LogP contribution is -2.56. The number of benzene rings is 1. The largest absolute Gasteiger partial charge is 0.325 e. The molecule has 1 unspecified atom stereocenters. The van der Waals surface area contributed by atoms with Gasteiger partial charge in [0.15, 0.2) is 0 Å². The van der Waals surface area contributed by atoms with Gasteiger partial charge in [0.2, 0.25) is 11.8 Å². The van der Waals surface area contributed by atoms with Crippen LogP contribution in [0.3, 0.4) is 0 Å². The first kappa shape index (κ1) is 11.1. The second-order valence-electron chi connectivity index (χ2n) is 3.63. The molecule has 17 heavy (non-hydrogen) atoms. The molecule has 88 valence electrons. The number of urea groups is 1. The first-order valence-electron chi connectivity index (χ1n) is 5.11. The number of hydrogen-bond donors (Lipinski definition) is 3. The normalized spacial score (nSPS) is 19.2. The van der Waals surface area contributed by atoms with Crippen LogP contribution in [0.15, 0.2) is 30.3 Å². The number of amides is 4. The number of nitrogens with one attached hydrogen (secondary N) is 3. The van der Waals surface area contributed by atoms with Gasteiger partial charge in [-0.3, -0.25) is 14.9 Å². The quantitative estimate of drug-likeness (QED) is 0.683. The van der Waals surface area contributed by atoms with Gasteiger partial charge in [-0.05, 0) is 12.1 Å². The molecule has 0 spiro atoms. The molecule has 1 aromatic carbocycles. The van der Waals surface area contributed by atoms with Crippen LogP contribution >= 0.6 is 0 Å². The number of rotatable bonds is 2. The van der Waals surface area contributed by atoms with Crippen molar-refractivity contribution in [3.63, 3.8) is 0 Å². The van der Waals surface area contributed by atoms with E-state index in [2.05, 4.69) is 16.0 Å². The Balaban J connectivity index is 2.00. The lowest BCUT2D eigenvalue weighted by atomic mass is 10.1. The van der Waals surface area contributed by atoms with Crippen molar-refractivity contribution >= 4 is 23.5 Å². The molecule has 0 radical (unpaired) electrons. The smallest absolute Gasteiger partial charge is 0.322 e. The minimum atomic E-state index is -0.823. The number of para-hydroxylation sites is 1. The molecule has 1 heterocycles. The Morgan fingerprint density at radius 3 is 2.59 bits per heavy atom. The van der Waals surface area contributed by atoms with Crippen molar-refractivity contribution in [2.75, 3.05) is 5.32 Å². The molecule has 3 N–H and O–H groups in total. The molecule has 1 aromatic rings. The first-order valence-corrected chi connectivity index (χ1v) is 5.11. The molecule has 1 fully saturated rings. The van der Waals surface area contributed by atoms with E-state index in [-0.39, 0.29) is 6.42 Å². The number of imide groups is 1. The summed E-state index contributed by atoms with van der Waals surface area (Å²) in [6, 6.07) is 7.37. The van der Waals surface area contributed by atoms with E-state index >= 15 is 0 Å². The standard InChI is InChI=1S/C11H11N3O3/c15-9-6-8(13-11(17)14-9)10(16)12-7-4-2-1-3-5-7/h1-5,8H,6H2,(H,12,16)(H2,13,14,15,17). The maximum Gasteiger partial charge on any atom is 0.322 e. The highest BCUT2D eigenvalue weighted by Gasteiger charge is 2.29. The molecule has 1 aliphatic heterocycles. The van der Waals surface area contributed by atoms with Crippen LogP contribution in [0.25, 0.3) is 0 Å². The van der Waals surface area contributed by atoms with Gasteiger partial charge in [-0.1, -0.05) is 18.2 Å². The summed E-state index contributed by atoms with van der Waals surface area (Å²) in [6.07, 6.45) is -0.0512. The second kappa shape index (κ2) is 4.65. The van der Waals surface area contributed by atoms with Crippen LogP contribution in [0.4, 0.5) is 10.5 Å². The summed E-state index contributed by atoms with van der Waals surface area (Å²) in [7, 11) is 0. The minimum absolute atomic E-state index is 0.0512. The monoisotopic (exact) mass is 233 g/mol. The third kappa shape index (κ3) is 2.81. The van der Waals surface area contributed by atoms with Crippen LogP contribution in [0.5, 0.6) is 0 Å². The molecule has 1 saturated heterocycles. The van der Waals surface area contributed by atoms with Gasteiger partial charge >= 0.3 is 6.03 Å². The number of hydrogen-bond acceptors (Lipinski definition) is 3. The molecule has 1 aliphatic rings. The van der Waals surface area contributed by atoms with Crippen LogP contribution in [-0.4, -0.2) is 23.9 Å². The van der Waals surface area contributed by atoms with E-state index in [0.717, 1.165) is 0 Å². The summed E-state index contributed by atoms with van der Waals surface area (Å²) in [5, 5.41) is 7.06. The molecule has 6 nitrogen and oxygen atoms in total. The van der Waals surface area contributed by atoms with E-state index in [4.69, 9.17) is 0 Å². The van der Waals surface area contributed by atoms with Gasteiger partial charge in [0, 0.05) is 5.69 Å². The molecule has 6 heteroatoms. The van der Waals surface area contributed by atoms with Crippen LogP contribution in [0.1, 0.15) is 6.42 Å². The molecule has 2 rings (SSSR count). The Labute approximate surface area is 97.4 Å². The summed E-state index contributed by atoms with van der Waals surface area (Å²) in [6.45, 7) is 0. The number of anilines is 1. The van der Waals surface area contributed by atoms with Crippen molar-refractivity contribution in [1.29, 1.82) is 0 Å². The Morgan fingerprint density at radius 2 is 1.94 bits per heavy atom. The first-order chi connectivity index (χ1) is 8.15. The summed E-state index contributed by atoms with van der Waals surface area (Å²) in [4.78, 5) is 33.9. The maximum atomic E-state index is 11.8. The van der Waals surface area contributed by atoms with Crippen molar-refractivity contribution in [2.24, 2.45) is 0 Å².